The second kappa shape index (κ2) is 11.4. The number of esters is 1. The number of ether oxygens (including phenoxy) is 1. The van der Waals surface area contributed by atoms with Crippen molar-refractivity contribution in [2.24, 2.45) is 5.16 Å². The molecule has 2 amide bonds. The van der Waals surface area contributed by atoms with E-state index in [2.05, 4.69) is 25.6 Å². The maximum Gasteiger partial charge on any atom is 0.377 e. The van der Waals surface area contributed by atoms with Gasteiger partial charge in [0.05, 0.1) is 12.1 Å². The van der Waals surface area contributed by atoms with Crippen LogP contribution in [0.25, 0.3) is 11.4 Å². The van der Waals surface area contributed by atoms with Gasteiger partial charge in [-0.3, -0.25) is 18.9 Å². The van der Waals surface area contributed by atoms with Gasteiger partial charge in [0.15, 0.2) is 22.3 Å². The zero-order chi connectivity index (χ0) is 32.6. The fourth-order valence-corrected chi connectivity index (χ4v) is 5.04. The van der Waals surface area contributed by atoms with Gasteiger partial charge in [-0.15, -0.1) is 11.3 Å². The smallest absolute Gasteiger partial charge is 0.377 e. The number of rotatable bonds is 11. The topological polar surface area (TPSA) is 307 Å². The summed E-state index contributed by atoms with van der Waals surface area (Å²) in [6.45, 7) is 1.15. The molecule has 4 rings (SSSR count). The number of hydrogen-bond acceptors (Lipinski definition) is 16. The van der Waals surface area contributed by atoms with Crippen molar-refractivity contribution < 1.29 is 56.5 Å². The fraction of sp³-hybridized carbons (Fsp3) is 0.273. The molecule has 0 spiro atoms. The number of β-lactam (4-membered cyclic amide) rings is 1. The van der Waals surface area contributed by atoms with E-state index in [0.29, 0.717) is 0 Å². The summed E-state index contributed by atoms with van der Waals surface area (Å²) in [5.74, 6) is -6.37. The molecule has 234 valence electrons. The fourth-order valence-electron chi connectivity index (χ4n) is 3.57. The van der Waals surface area contributed by atoms with E-state index in [4.69, 9.17) is 19.8 Å². The molecule has 0 saturated carbocycles. The predicted octanol–water partition coefficient (Wildman–Crippen LogP) is -0.937. The average molecular weight is 656 g/mol. The van der Waals surface area contributed by atoms with Crippen LogP contribution >= 0.6 is 11.3 Å². The van der Waals surface area contributed by atoms with Crippen molar-refractivity contribution in [3.05, 3.63) is 45.4 Å². The third kappa shape index (κ3) is 6.35. The van der Waals surface area contributed by atoms with Gasteiger partial charge >= 0.3 is 22.2 Å². The number of thiazole rings is 1. The lowest BCUT2D eigenvalue weighted by atomic mass is 9.97. The number of H-pyrrole nitrogens is 1. The normalized spacial score (nSPS) is 17.1. The lowest BCUT2D eigenvalue weighted by Gasteiger charge is -2.48. The molecule has 1 aliphatic heterocycles. The number of hydrogen-bond donors (Lipinski definition) is 6. The Balaban J connectivity index is 1.62. The molecule has 7 N–H and O–H groups in total. The molecule has 1 aliphatic rings. The van der Waals surface area contributed by atoms with Gasteiger partial charge in [0.25, 0.3) is 5.91 Å². The van der Waals surface area contributed by atoms with Crippen LogP contribution < -0.4 is 16.5 Å². The Bertz CT molecular complexity index is 1860. The highest BCUT2D eigenvalue weighted by Crippen LogP contribution is 2.33. The van der Waals surface area contributed by atoms with Gasteiger partial charge < -0.3 is 40.3 Å². The Morgan fingerprint density at radius 1 is 1.32 bits per heavy atom. The van der Waals surface area contributed by atoms with E-state index in [-0.39, 0.29) is 26.5 Å². The standard InChI is InChI=1S/C22H21N7O13S2/c1-21(2,19(35)36)42-28-16(11-7-43-20(23)25-11)17(33)26-22(5-15(32)29(22)44(37,38)39)8-40-18(34)14-4-10(27-41-14)9-3-12(30)13(31)6-24-9/h3-4,6-7,31H,5,8H2,1-2H3,(H2,23,25)(H,24,30)(H,26,33)(H,35,36)(H,37,38,39)/t22-/m0/s1. The van der Waals surface area contributed by atoms with Gasteiger partial charge in [0, 0.05) is 23.7 Å². The van der Waals surface area contributed by atoms with Crippen LogP contribution in [0.3, 0.4) is 0 Å². The average Bonchev–Trinajstić information content (AvgIpc) is 3.57. The molecule has 44 heavy (non-hydrogen) atoms. The van der Waals surface area contributed by atoms with E-state index in [9.17, 15) is 47.2 Å². The summed E-state index contributed by atoms with van der Waals surface area (Å²) in [6, 6.07) is 1.99. The van der Waals surface area contributed by atoms with Crippen molar-refractivity contribution in [2.75, 3.05) is 12.3 Å². The number of carbonyl (C=O) groups excluding carboxylic acids is 3. The van der Waals surface area contributed by atoms with Crippen molar-refractivity contribution in [1.82, 2.24) is 24.7 Å². The highest BCUT2D eigenvalue weighted by molar-refractivity contribution is 7.84. The summed E-state index contributed by atoms with van der Waals surface area (Å²) in [5.41, 5.74) is -0.466. The van der Waals surface area contributed by atoms with Gasteiger partial charge in [-0.05, 0) is 13.8 Å². The summed E-state index contributed by atoms with van der Waals surface area (Å²) in [6.07, 6.45) is 0.162. The number of aromatic amines is 1. The number of pyridine rings is 1. The van der Waals surface area contributed by atoms with Gasteiger partial charge in [0.1, 0.15) is 18.0 Å². The van der Waals surface area contributed by atoms with Crippen LogP contribution in [0.5, 0.6) is 5.75 Å². The third-order valence-electron chi connectivity index (χ3n) is 5.82. The minimum absolute atomic E-state index is 0.0390. The molecule has 0 radical (unpaired) electrons. The number of nitrogen functional groups attached to an aromatic ring is 1. The molecule has 22 heteroatoms. The molecule has 4 heterocycles. The second-order valence-electron chi connectivity index (χ2n) is 9.46. The third-order valence-corrected chi connectivity index (χ3v) is 7.51. The van der Waals surface area contributed by atoms with Crippen molar-refractivity contribution >= 4 is 56.2 Å². The van der Waals surface area contributed by atoms with E-state index in [1.54, 1.807) is 0 Å². The molecule has 0 aromatic carbocycles. The summed E-state index contributed by atoms with van der Waals surface area (Å²) in [7, 11) is -5.35. The minimum atomic E-state index is -5.35. The van der Waals surface area contributed by atoms with Crippen LogP contribution in [0, 0.1) is 0 Å². The number of carboxylic acids is 1. The number of aromatic hydroxyl groups is 1. The van der Waals surface area contributed by atoms with Gasteiger partial charge in [-0.1, -0.05) is 10.3 Å². The molecule has 3 aromatic heterocycles. The lowest BCUT2D eigenvalue weighted by Crippen LogP contribution is -2.75. The molecule has 1 saturated heterocycles. The molecule has 3 aromatic rings. The highest BCUT2D eigenvalue weighted by atomic mass is 32.2. The molecule has 0 aliphatic carbocycles. The molecule has 20 nitrogen and oxygen atoms in total. The minimum Gasteiger partial charge on any atom is -0.503 e. The molecule has 0 bridgehead atoms. The summed E-state index contributed by atoms with van der Waals surface area (Å²) in [4.78, 5) is 72.9. The number of carboxylic acid groups (broad SMARTS) is 1. The number of aliphatic carboxylic acids is 1. The number of nitrogens with zero attached hydrogens (tertiary/aromatic N) is 4. The second-order valence-corrected chi connectivity index (χ2v) is 11.6. The molecule has 1 atom stereocenters. The van der Waals surface area contributed by atoms with Crippen LogP contribution in [0.4, 0.5) is 5.13 Å². The predicted molar refractivity (Wildman–Crippen MR) is 144 cm³/mol. The summed E-state index contributed by atoms with van der Waals surface area (Å²) < 4.78 is 43.7. The van der Waals surface area contributed by atoms with Crippen LogP contribution in [-0.2, 0) is 34.3 Å². The SMILES string of the molecule is CC(C)(ON=C(C(=O)N[C@@]1(COC(=O)c2cc(-c3cc(=O)c(O)c[nH]3)no2)CC(=O)N1S(=O)(=O)O)c1csc(N)n1)C(=O)O. The molecular weight excluding hydrogens is 634 g/mol. The maximum absolute atomic E-state index is 13.4. The van der Waals surface area contributed by atoms with Crippen molar-refractivity contribution in [3.8, 4) is 17.1 Å². The Hall–Kier alpha value is -5.35. The van der Waals surface area contributed by atoms with Gasteiger partial charge in [-0.25, -0.2) is 14.6 Å². The first-order valence-electron chi connectivity index (χ1n) is 11.8. The van der Waals surface area contributed by atoms with Crippen LogP contribution in [0.1, 0.15) is 36.5 Å². The van der Waals surface area contributed by atoms with Gasteiger partial charge in [-0.2, -0.15) is 12.7 Å². The number of anilines is 1. The van der Waals surface area contributed by atoms with Crippen molar-refractivity contribution in [3.63, 3.8) is 0 Å². The van der Waals surface area contributed by atoms with Gasteiger partial charge in [0.2, 0.25) is 22.7 Å². The van der Waals surface area contributed by atoms with E-state index >= 15 is 0 Å². The van der Waals surface area contributed by atoms with E-state index in [1.807, 2.05) is 0 Å². The van der Waals surface area contributed by atoms with E-state index in [1.165, 1.54) is 5.38 Å². The van der Waals surface area contributed by atoms with Crippen molar-refractivity contribution in [1.29, 1.82) is 0 Å². The molecular formula is C22H21N7O13S2. The Kier molecular flexibility index (Phi) is 8.17. The Morgan fingerprint density at radius 2 is 2.02 bits per heavy atom. The van der Waals surface area contributed by atoms with Crippen LogP contribution in [0.15, 0.2) is 38.2 Å². The highest BCUT2D eigenvalue weighted by Gasteiger charge is 2.59. The molecule has 0 unspecified atom stereocenters. The number of aromatic nitrogens is 3. The number of oxime groups is 1. The lowest BCUT2D eigenvalue weighted by molar-refractivity contribution is -0.161. The van der Waals surface area contributed by atoms with Crippen LogP contribution in [0.2, 0.25) is 0 Å². The number of nitrogens with two attached hydrogens (primary N) is 1. The first kappa shape index (κ1) is 31.6. The zero-order valence-corrected chi connectivity index (χ0v) is 24.0. The monoisotopic (exact) mass is 655 g/mol. The summed E-state index contributed by atoms with van der Waals surface area (Å²) in [5, 5.41) is 29.2. The first-order valence-corrected chi connectivity index (χ1v) is 14.1. The Labute approximate surface area is 248 Å². The number of carbonyl (C=O) groups is 4. The zero-order valence-electron chi connectivity index (χ0n) is 22.3. The number of amides is 2. The van der Waals surface area contributed by atoms with Crippen LogP contribution in [-0.4, -0.2) is 89.9 Å². The van der Waals surface area contributed by atoms with Crippen molar-refractivity contribution in [2.45, 2.75) is 31.5 Å². The number of nitrogens with one attached hydrogen (secondary N) is 2. The summed E-state index contributed by atoms with van der Waals surface area (Å²) >= 11 is 0.862. The first-order chi connectivity index (χ1) is 20.4. The maximum atomic E-state index is 13.4. The Morgan fingerprint density at radius 3 is 2.59 bits per heavy atom. The quantitative estimate of drug-likeness (QED) is 0.0477. The largest absolute Gasteiger partial charge is 0.503 e. The molecule has 1 fully saturated rings. The van der Waals surface area contributed by atoms with E-state index < -0.39 is 81.0 Å². The van der Waals surface area contributed by atoms with E-state index in [0.717, 1.165) is 43.5 Å².